The summed E-state index contributed by atoms with van der Waals surface area (Å²) in [5.74, 6) is -0.443. The predicted molar refractivity (Wildman–Crippen MR) is 174 cm³/mol. The highest BCUT2D eigenvalue weighted by Crippen LogP contribution is 2.29. The largest absolute Gasteiger partial charge is 0.465 e. The van der Waals surface area contributed by atoms with Crippen LogP contribution in [0.2, 0.25) is 5.02 Å². The molecule has 1 fully saturated rings. The number of alkyl carbamates (subject to hydrolysis) is 1. The summed E-state index contributed by atoms with van der Waals surface area (Å²) in [6.45, 7) is 7.62. The number of ether oxygens (including phenoxy) is 2. The molecule has 244 valence electrons. The number of halogens is 1. The number of carbonyl (C=O) groups is 2. The highest BCUT2D eigenvalue weighted by Gasteiger charge is 2.34. The smallest absolute Gasteiger partial charge is 0.407 e. The lowest BCUT2D eigenvalue weighted by Gasteiger charge is -2.38. The van der Waals surface area contributed by atoms with Crippen LogP contribution < -0.4 is 10.9 Å². The molecule has 4 aromatic rings. The molecule has 1 aliphatic rings. The summed E-state index contributed by atoms with van der Waals surface area (Å²) in [6.07, 6.45) is 1.90. The number of methoxy groups -OCH3 is 1. The van der Waals surface area contributed by atoms with Crippen LogP contribution in [-0.2, 0) is 36.2 Å². The minimum absolute atomic E-state index is 0.0997. The number of piperidine rings is 1. The predicted octanol–water partition coefficient (Wildman–Crippen LogP) is 4.29. The van der Waals surface area contributed by atoms with Crippen molar-refractivity contribution in [2.24, 2.45) is 7.05 Å². The van der Waals surface area contributed by atoms with E-state index < -0.39 is 23.3 Å². The Balaban J connectivity index is 1.24. The molecule has 5 rings (SSSR count). The Kier molecular flexibility index (Phi) is 9.52. The maximum Gasteiger partial charge on any atom is 0.407 e. The molecule has 13 heteroatoms. The molecule has 12 nitrogen and oxygen atoms in total. The second-order valence-corrected chi connectivity index (χ2v) is 13.1. The van der Waals surface area contributed by atoms with Crippen LogP contribution in [0.15, 0.2) is 53.6 Å². The summed E-state index contributed by atoms with van der Waals surface area (Å²) < 4.78 is 13.1. The van der Waals surface area contributed by atoms with Gasteiger partial charge in [0.15, 0.2) is 5.52 Å². The van der Waals surface area contributed by atoms with Gasteiger partial charge in [-0.15, -0.1) is 0 Å². The summed E-state index contributed by atoms with van der Waals surface area (Å²) in [7, 11) is 3.09. The van der Waals surface area contributed by atoms with Crippen molar-refractivity contribution in [1.82, 2.24) is 29.5 Å². The van der Waals surface area contributed by atoms with Gasteiger partial charge in [0.1, 0.15) is 11.1 Å². The fraction of sp³-hybridized carbons (Fsp3) is 0.424. The normalized spacial score (nSPS) is 15.1. The summed E-state index contributed by atoms with van der Waals surface area (Å²) in [6, 6.07) is 12.7. The molecule has 2 aromatic carbocycles. The first-order valence-electron chi connectivity index (χ1n) is 15.0. The Morgan fingerprint density at radius 1 is 1.09 bits per heavy atom. The maximum absolute atomic E-state index is 13.5. The minimum Gasteiger partial charge on any atom is -0.465 e. The average Bonchev–Trinajstić information content (AvgIpc) is 3.35. The second-order valence-electron chi connectivity index (χ2n) is 12.7. The first-order chi connectivity index (χ1) is 21.7. The third-order valence-corrected chi connectivity index (χ3v) is 8.35. The van der Waals surface area contributed by atoms with Crippen LogP contribution in [0.3, 0.4) is 0 Å². The molecule has 1 saturated heterocycles. The third kappa shape index (κ3) is 7.57. The fourth-order valence-corrected chi connectivity index (χ4v) is 5.80. The van der Waals surface area contributed by atoms with Crippen molar-refractivity contribution in [1.29, 1.82) is 0 Å². The number of carbonyl (C=O) groups excluding carboxylic acids is 2. The molecule has 2 aromatic heterocycles. The highest BCUT2D eigenvalue weighted by molar-refractivity contribution is 6.31. The van der Waals surface area contributed by atoms with Gasteiger partial charge in [-0.25, -0.2) is 14.6 Å². The highest BCUT2D eigenvalue weighted by atomic mass is 35.5. The molecular weight excluding hydrogens is 612 g/mol. The van der Waals surface area contributed by atoms with Gasteiger partial charge in [0.2, 0.25) is 0 Å². The zero-order chi connectivity index (χ0) is 33.2. The van der Waals surface area contributed by atoms with Crippen molar-refractivity contribution < 1.29 is 24.2 Å². The lowest BCUT2D eigenvalue weighted by molar-refractivity contribution is -0.0365. The molecule has 0 bridgehead atoms. The number of aryl methyl sites for hydroxylation is 1. The standard InChI is InChI=1S/C33H39ClN6O6/c1-32(2,3)46-31(43)35-17-21-6-8-22(9-7-21)28-26-27(37-38(28)4)29(41)40(20-36-26)19-33(44)12-14-39(15-13-33)18-24-11-10-23(16-25(24)34)30(42)45-5/h6-11,16,20,44H,12-15,17-19H2,1-5H3,(H,35,43). The molecule has 0 radical (unpaired) electrons. The molecule has 0 unspecified atom stereocenters. The zero-order valence-corrected chi connectivity index (χ0v) is 27.4. The lowest BCUT2D eigenvalue weighted by Crippen LogP contribution is -2.47. The van der Waals surface area contributed by atoms with E-state index in [1.165, 1.54) is 18.0 Å². The van der Waals surface area contributed by atoms with E-state index in [1.54, 1.807) is 23.9 Å². The van der Waals surface area contributed by atoms with Gasteiger partial charge in [-0.1, -0.05) is 41.9 Å². The number of aliphatic hydroxyl groups is 1. The summed E-state index contributed by atoms with van der Waals surface area (Å²) in [5.41, 5.74) is 2.38. The van der Waals surface area contributed by atoms with Crippen LogP contribution in [0, 0.1) is 0 Å². The molecule has 46 heavy (non-hydrogen) atoms. The molecule has 3 heterocycles. The SMILES string of the molecule is COC(=O)c1ccc(CN2CCC(O)(Cn3cnc4c(-c5ccc(CNC(=O)OC(C)(C)C)cc5)n(C)nc4c3=O)CC2)c(Cl)c1. The Bertz CT molecular complexity index is 1800. The van der Waals surface area contributed by atoms with Crippen molar-refractivity contribution in [2.75, 3.05) is 20.2 Å². The maximum atomic E-state index is 13.5. The number of fused-ring (bicyclic) bond motifs is 1. The number of rotatable bonds is 8. The molecule has 1 amide bonds. The van der Waals surface area contributed by atoms with E-state index in [-0.39, 0.29) is 17.6 Å². The number of likely N-dealkylation sites (tertiary alicyclic amines) is 1. The first-order valence-corrected chi connectivity index (χ1v) is 15.4. The van der Waals surface area contributed by atoms with Crippen LogP contribution in [0.5, 0.6) is 0 Å². The zero-order valence-electron chi connectivity index (χ0n) is 26.7. The molecule has 2 N–H and O–H groups in total. The van der Waals surface area contributed by atoms with Gasteiger partial charge in [-0.3, -0.25) is 18.9 Å². The number of aromatic nitrogens is 4. The van der Waals surface area contributed by atoms with Gasteiger partial charge in [0.05, 0.1) is 36.8 Å². The first kappa shape index (κ1) is 33.1. The third-order valence-electron chi connectivity index (χ3n) is 7.99. The van der Waals surface area contributed by atoms with E-state index in [9.17, 15) is 19.5 Å². The van der Waals surface area contributed by atoms with E-state index in [0.717, 1.165) is 16.7 Å². The van der Waals surface area contributed by atoms with Crippen molar-refractivity contribution >= 4 is 34.7 Å². The van der Waals surface area contributed by atoms with E-state index in [0.29, 0.717) is 60.8 Å². The van der Waals surface area contributed by atoms with E-state index in [2.05, 4.69) is 20.3 Å². The monoisotopic (exact) mass is 650 g/mol. The van der Waals surface area contributed by atoms with Crippen LogP contribution in [0.25, 0.3) is 22.3 Å². The Hall–Kier alpha value is -4.26. The molecule has 0 saturated carbocycles. The van der Waals surface area contributed by atoms with Crippen LogP contribution in [0.4, 0.5) is 4.79 Å². The summed E-state index contributed by atoms with van der Waals surface area (Å²) in [5, 5.41) is 19.1. The molecule has 0 aliphatic carbocycles. The fourth-order valence-electron chi connectivity index (χ4n) is 5.56. The Labute approximate surface area is 271 Å². The Morgan fingerprint density at radius 2 is 1.78 bits per heavy atom. The van der Waals surface area contributed by atoms with E-state index in [4.69, 9.17) is 21.1 Å². The molecule has 0 atom stereocenters. The lowest BCUT2D eigenvalue weighted by atomic mass is 9.91. The van der Waals surface area contributed by atoms with E-state index in [1.807, 2.05) is 51.1 Å². The number of nitrogens with zero attached hydrogens (tertiary/aromatic N) is 5. The number of hydrogen-bond acceptors (Lipinski definition) is 9. The van der Waals surface area contributed by atoms with Crippen molar-refractivity contribution in [2.45, 2.75) is 64.4 Å². The van der Waals surface area contributed by atoms with Gasteiger partial charge in [-0.2, -0.15) is 5.10 Å². The van der Waals surface area contributed by atoms with Crippen molar-refractivity contribution in [3.63, 3.8) is 0 Å². The molecule has 1 aliphatic heterocycles. The average molecular weight is 651 g/mol. The van der Waals surface area contributed by atoms with Crippen LogP contribution in [-0.4, -0.2) is 72.8 Å². The summed E-state index contributed by atoms with van der Waals surface area (Å²) >= 11 is 6.42. The second kappa shape index (κ2) is 13.2. The minimum atomic E-state index is -1.09. The summed E-state index contributed by atoms with van der Waals surface area (Å²) in [4.78, 5) is 44.1. The molecule has 0 spiro atoms. The van der Waals surface area contributed by atoms with Gasteiger partial charge >= 0.3 is 12.1 Å². The van der Waals surface area contributed by atoms with Gasteiger partial charge < -0.3 is 19.9 Å². The Morgan fingerprint density at radius 3 is 2.41 bits per heavy atom. The number of esters is 1. The van der Waals surface area contributed by atoms with Crippen molar-refractivity contribution in [3.8, 4) is 11.3 Å². The van der Waals surface area contributed by atoms with Gasteiger partial charge in [-0.05, 0) is 56.9 Å². The molecular formula is C33H39ClN6O6. The number of amides is 1. The van der Waals surface area contributed by atoms with Crippen LogP contribution >= 0.6 is 11.6 Å². The topological polar surface area (TPSA) is 141 Å². The van der Waals surface area contributed by atoms with Crippen LogP contribution in [0.1, 0.15) is 55.1 Å². The van der Waals surface area contributed by atoms with Crippen molar-refractivity contribution in [3.05, 3.63) is 80.9 Å². The van der Waals surface area contributed by atoms with Gasteiger partial charge in [0.25, 0.3) is 5.56 Å². The number of nitrogens with one attached hydrogen (secondary N) is 1. The number of benzene rings is 2. The van der Waals surface area contributed by atoms with Gasteiger partial charge in [0, 0.05) is 43.8 Å². The van der Waals surface area contributed by atoms with E-state index >= 15 is 0 Å². The number of hydrogen-bond donors (Lipinski definition) is 2. The quantitative estimate of drug-likeness (QED) is 0.267.